The molecule has 1 atom stereocenters. The van der Waals surface area contributed by atoms with Crippen molar-refractivity contribution in [3.05, 3.63) is 59.7 Å². The van der Waals surface area contributed by atoms with E-state index in [-0.39, 0.29) is 24.3 Å². The fraction of sp³-hybridized carbons (Fsp3) is 0.263. The van der Waals surface area contributed by atoms with E-state index in [2.05, 4.69) is 0 Å². The topological polar surface area (TPSA) is 73.6 Å². The number of hydrogen-bond acceptors (Lipinski definition) is 4. The molecular weight excluding hydrogens is 304 g/mol. The average Bonchev–Trinajstić information content (AvgIpc) is 3.10. The molecule has 2 aromatic carbocycles. The van der Waals surface area contributed by atoms with E-state index < -0.39 is 0 Å². The van der Waals surface area contributed by atoms with Crippen molar-refractivity contribution >= 4 is 5.91 Å². The minimum Gasteiger partial charge on any atom is -0.508 e. The predicted octanol–water partition coefficient (Wildman–Crippen LogP) is 3.01. The van der Waals surface area contributed by atoms with Crippen LogP contribution in [0.5, 0.6) is 11.5 Å². The second-order valence-corrected chi connectivity index (χ2v) is 5.76. The number of phenolic OH excluding ortho intramolecular Hbond substituents is 1. The Morgan fingerprint density at radius 2 is 1.92 bits per heavy atom. The van der Waals surface area contributed by atoms with Crippen molar-refractivity contribution < 1.29 is 14.6 Å². The zero-order valence-corrected chi connectivity index (χ0v) is 13.2. The maximum atomic E-state index is 12.5. The monoisotopic (exact) mass is 322 g/mol. The third-order valence-corrected chi connectivity index (χ3v) is 4.20. The van der Waals surface area contributed by atoms with E-state index in [1.165, 1.54) is 0 Å². The van der Waals surface area contributed by atoms with E-state index in [0.29, 0.717) is 17.9 Å². The van der Waals surface area contributed by atoms with Crippen molar-refractivity contribution in [2.24, 2.45) is 0 Å². The molecule has 0 saturated carbocycles. The molecule has 0 aromatic heterocycles. The minimum atomic E-state index is -0.0602. The van der Waals surface area contributed by atoms with Gasteiger partial charge in [-0.05, 0) is 54.8 Å². The molecule has 0 radical (unpaired) electrons. The number of nitrogens with zero attached hydrogens (tertiary/aromatic N) is 2. The maximum Gasteiger partial charge on any atom is 0.261 e. The van der Waals surface area contributed by atoms with Crippen LogP contribution in [-0.4, -0.2) is 29.1 Å². The molecule has 1 aliphatic heterocycles. The molecule has 5 heteroatoms. The summed E-state index contributed by atoms with van der Waals surface area (Å²) in [6, 6.07) is 15.8. The van der Waals surface area contributed by atoms with Crippen LogP contribution in [0.4, 0.5) is 0 Å². The Kier molecular flexibility index (Phi) is 4.66. The molecule has 1 heterocycles. The Morgan fingerprint density at radius 3 is 2.58 bits per heavy atom. The van der Waals surface area contributed by atoms with Crippen LogP contribution in [0.25, 0.3) is 0 Å². The van der Waals surface area contributed by atoms with Crippen LogP contribution in [0.2, 0.25) is 0 Å². The zero-order valence-electron chi connectivity index (χ0n) is 13.2. The van der Waals surface area contributed by atoms with Gasteiger partial charge >= 0.3 is 0 Å². The molecule has 3 rings (SSSR count). The number of benzene rings is 2. The summed E-state index contributed by atoms with van der Waals surface area (Å²) in [6.45, 7) is 0.682. The lowest BCUT2D eigenvalue weighted by molar-refractivity contribution is -0.134. The molecule has 0 aliphatic carbocycles. The molecule has 1 aliphatic rings. The van der Waals surface area contributed by atoms with E-state index in [9.17, 15) is 9.90 Å². The lowest BCUT2D eigenvalue weighted by Gasteiger charge is -2.25. The highest BCUT2D eigenvalue weighted by molar-refractivity contribution is 5.78. The lowest BCUT2D eigenvalue weighted by atomic mass is 10.0. The van der Waals surface area contributed by atoms with Gasteiger partial charge in [-0.25, -0.2) is 0 Å². The van der Waals surface area contributed by atoms with Gasteiger partial charge in [0.15, 0.2) is 6.61 Å². The Hall–Kier alpha value is -3.00. The van der Waals surface area contributed by atoms with Crippen molar-refractivity contribution in [3.63, 3.8) is 0 Å². The third-order valence-electron chi connectivity index (χ3n) is 4.20. The average molecular weight is 322 g/mol. The standard InChI is InChI=1S/C19H18N2O3/c20-12-14-3-9-17(10-4-14)24-13-19(23)21-11-1-2-18(21)15-5-7-16(22)8-6-15/h3-10,18,22H,1-2,11,13H2/t18-/m1/s1. The number of carbonyl (C=O) groups is 1. The smallest absolute Gasteiger partial charge is 0.261 e. The normalized spacial score (nSPS) is 16.6. The molecule has 1 saturated heterocycles. The summed E-state index contributed by atoms with van der Waals surface area (Å²) in [5, 5.41) is 18.2. The lowest BCUT2D eigenvalue weighted by Crippen LogP contribution is -2.34. The van der Waals surface area contributed by atoms with Crippen molar-refractivity contribution in [2.75, 3.05) is 13.2 Å². The summed E-state index contributed by atoms with van der Waals surface area (Å²) in [5.74, 6) is 0.733. The van der Waals surface area contributed by atoms with E-state index in [0.717, 1.165) is 18.4 Å². The summed E-state index contributed by atoms with van der Waals surface area (Å²) in [5.41, 5.74) is 1.58. The number of carbonyl (C=O) groups excluding carboxylic acids is 1. The van der Waals surface area contributed by atoms with Gasteiger partial charge in [-0.2, -0.15) is 5.26 Å². The van der Waals surface area contributed by atoms with Gasteiger partial charge in [-0.3, -0.25) is 4.79 Å². The first kappa shape index (κ1) is 15.9. The number of aromatic hydroxyl groups is 1. The number of amides is 1. The van der Waals surface area contributed by atoms with Crippen molar-refractivity contribution in [1.29, 1.82) is 5.26 Å². The van der Waals surface area contributed by atoms with E-state index in [1.54, 1.807) is 36.4 Å². The van der Waals surface area contributed by atoms with Crippen LogP contribution in [0, 0.1) is 11.3 Å². The highest BCUT2D eigenvalue weighted by Crippen LogP contribution is 2.32. The molecular formula is C19H18N2O3. The van der Waals surface area contributed by atoms with Crippen LogP contribution in [0.3, 0.4) is 0 Å². The van der Waals surface area contributed by atoms with Gasteiger partial charge in [0.25, 0.3) is 5.91 Å². The SMILES string of the molecule is N#Cc1ccc(OCC(=O)N2CCC[C@@H]2c2ccc(O)cc2)cc1. The van der Waals surface area contributed by atoms with Gasteiger partial charge in [0, 0.05) is 6.54 Å². The van der Waals surface area contributed by atoms with E-state index in [4.69, 9.17) is 10.00 Å². The Bertz CT molecular complexity index is 748. The Balaban J connectivity index is 1.63. The molecule has 1 amide bonds. The molecule has 2 aromatic rings. The van der Waals surface area contributed by atoms with Gasteiger partial charge in [-0.15, -0.1) is 0 Å². The van der Waals surface area contributed by atoms with Crippen LogP contribution in [0.15, 0.2) is 48.5 Å². The Labute approximate surface area is 140 Å². The summed E-state index contributed by atoms with van der Waals surface area (Å²) >= 11 is 0. The summed E-state index contributed by atoms with van der Waals surface area (Å²) in [6.07, 6.45) is 1.86. The maximum absolute atomic E-state index is 12.5. The minimum absolute atomic E-state index is 0.0273. The van der Waals surface area contributed by atoms with Crippen molar-refractivity contribution in [1.82, 2.24) is 4.90 Å². The first-order valence-electron chi connectivity index (χ1n) is 7.89. The summed E-state index contributed by atoms with van der Waals surface area (Å²) in [7, 11) is 0. The highest BCUT2D eigenvalue weighted by Gasteiger charge is 2.30. The van der Waals surface area contributed by atoms with Crippen LogP contribution < -0.4 is 4.74 Å². The molecule has 0 spiro atoms. The molecule has 24 heavy (non-hydrogen) atoms. The number of likely N-dealkylation sites (tertiary alicyclic amines) is 1. The second-order valence-electron chi connectivity index (χ2n) is 5.76. The van der Waals surface area contributed by atoms with Gasteiger partial charge < -0.3 is 14.7 Å². The largest absolute Gasteiger partial charge is 0.508 e. The number of hydrogen-bond donors (Lipinski definition) is 1. The first-order valence-corrected chi connectivity index (χ1v) is 7.89. The van der Waals surface area contributed by atoms with Crippen molar-refractivity contribution in [3.8, 4) is 17.6 Å². The van der Waals surface area contributed by atoms with Crippen LogP contribution >= 0.6 is 0 Å². The molecule has 1 fully saturated rings. The van der Waals surface area contributed by atoms with Gasteiger partial charge in [0.1, 0.15) is 11.5 Å². The van der Waals surface area contributed by atoms with Crippen LogP contribution in [0.1, 0.15) is 30.0 Å². The van der Waals surface area contributed by atoms with Gasteiger partial charge in [-0.1, -0.05) is 12.1 Å². The quantitative estimate of drug-likeness (QED) is 0.939. The third kappa shape index (κ3) is 3.49. The molecule has 122 valence electrons. The fourth-order valence-corrected chi connectivity index (χ4v) is 2.96. The summed E-state index contributed by atoms with van der Waals surface area (Å²) < 4.78 is 5.54. The van der Waals surface area contributed by atoms with Gasteiger partial charge in [0.05, 0.1) is 17.7 Å². The first-order chi connectivity index (χ1) is 11.7. The molecule has 0 unspecified atom stereocenters. The fourth-order valence-electron chi connectivity index (χ4n) is 2.96. The number of nitriles is 1. The highest BCUT2D eigenvalue weighted by atomic mass is 16.5. The number of ether oxygens (including phenoxy) is 1. The molecule has 5 nitrogen and oxygen atoms in total. The van der Waals surface area contributed by atoms with E-state index >= 15 is 0 Å². The van der Waals surface area contributed by atoms with Gasteiger partial charge in [0.2, 0.25) is 0 Å². The number of phenols is 1. The zero-order chi connectivity index (χ0) is 16.9. The van der Waals surface area contributed by atoms with E-state index in [1.807, 2.05) is 23.1 Å². The van der Waals surface area contributed by atoms with Crippen molar-refractivity contribution in [2.45, 2.75) is 18.9 Å². The second kappa shape index (κ2) is 7.05. The molecule has 1 N–H and O–H groups in total. The predicted molar refractivity (Wildman–Crippen MR) is 88.4 cm³/mol. The Morgan fingerprint density at radius 1 is 1.21 bits per heavy atom. The summed E-state index contributed by atoms with van der Waals surface area (Å²) in [4.78, 5) is 14.3. The number of rotatable bonds is 4. The molecule has 0 bridgehead atoms. The van der Waals surface area contributed by atoms with Crippen LogP contribution in [-0.2, 0) is 4.79 Å².